The van der Waals surface area contributed by atoms with E-state index < -0.39 is 0 Å². The van der Waals surface area contributed by atoms with Crippen molar-refractivity contribution in [1.82, 2.24) is 4.90 Å². The molecule has 2 N–H and O–H groups in total. The number of nitrogens with one attached hydrogen (secondary N) is 1. The minimum Gasteiger partial charge on any atom is -0.507 e. The molecule has 178 valence electrons. The van der Waals surface area contributed by atoms with Gasteiger partial charge in [-0.25, -0.2) is 0 Å². The third-order valence-corrected chi connectivity index (χ3v) is 6.51. The fraction of sp³-hybridized carbons (Fsp3) is 0.286. The van der Waals surface area contributed by atoms with Crippen LogP contribution in [0, 0.1) is 11.3 Å². The maximum Gasteiger partial charge on any atom is 0.261 e. The zero-order valence-electron chi connectivity index (χ0n) is 19.4. The molecular formula is C28H27N3O4. The zero-order valence-corrected chi connectivity index (χ0v) is 19.4. The highest BCUT2D eigenvalue weighted by atomic mass is 16.5. The Labute approximate surface area is 204 Å². The quantitative estimate of drug-likeness (QED) is 0.561. The molecule has 1 fully saturated rings. The smallest absolute Gasteiger partial charge is 0.261 e. The van der Waals surface area contributed by atoms with Crippen LogP contribution in [0.2, 0.25) is 0 Å². The molecule has 2 aliphatic rings. The van der Waals surface area contributed by atoms with Gasteiger partial charge in [0.15, 0.2) is 0 Å². The average molecular weight is 470 g/mol. The van der Waals surface area contributed by atoms with E-state index in [0.717, 1.165) is 36.3 Å². The molecular weight excluding hydrogens is 442 g/mol. The predicted molar refractivity (Wildman–Crippen MR) is 131 cm³/mol. The van der Waals surface area contributed by atoms with Crippen LogP contribution in [-0.2, 0) is 24.3 Å². The second-order valence-electron chi connectivity index (χ2n) is 8.88. The van der Waals surface area contributed by atoms with Crippen LogP contribution in [0.3, 0.4) is 0 Å². The monoisotopic (exact) mass is 469 g/mol. The van der Waals surface area contributed by atoms with Crippen molar-refractivity contribution in [2.24, 2.45) is 0 Å². The van der Waals surface area contributed by atoms with Crippen LogP contribution in [0.5, 0.6) is 11.5 Å². The second kappa shape index (κ2) is 10.1. The normalized spacial score (nSPS) is 16.9. The largest absolute Gasteiger partial charge is 0.507 e. The maximum atomic E-state index is 13.7. The average Bonchev–Trinajstić information content (AvgIpc) is 3.40. The lowest BCUT2D eigenvalue weighted by molar-refractivity contribution is 0.0727. The van der Waals surface area contributed by atoms with Gasteiger partial charge in [0.25, 0.3) is 5.91 Å². The number of aromatic hydroxyl groups is 1. The molecule has 0 spiro atoms. The highest BCUT2D eigenvalue weighted by Crippen LogP contribution is 2.34. The number of nitriles is 1. The highest BCUT2D eigenvalue weighted by molar-refractivity contribution is 6.00. The van der Waals surface area contributed by atoms with E-state index in [1.165, 1.54) is 17.7 Å². The highest BCUT2D eigenvalue weighted by Gasteiger charge is 2.29. The number of fused-ring (bicyclic) bond motifs is 1. The predicted octanol–water partition coefficient (Wildman–Crippen LogP) is 4.24. The fourth-order valence-electron chi connectivity index (χ4n) is 4.65. The summed E-state index contributed by atoms with van der Waals surface area (Å²) in [5.74, 6) is -0.368. The molecule has 7 nitrogen and oxygen atoms in total. The molecule has 35 heavy (non-hydrogen) atoms. The summed E-state index contributed by atoms with van der Waals surface area (Å²) in [5, 5.41) is 23.7. The van der Waals surface area contributed by atoms with E-state index >= 15 is 0 Å². The Kier molecular flexibility index (Phi) is 6.55. The summed E-state index contributed by atoms with van der Waals surface area (Å²) in [6.45, 7) is 2.59. The SMILES string of the molecule is N#Cc1cc(O)c(C(=O)N2CCc3cccc(N[C@H]4CCOC4)c3C2)c(OCc2ccccc2)c1. The van der Waals surface area contributed by atoms with Crippen molar-refractivity contribution in [3.63, 3.8) is 0 Å². The molecule has 1 saturated heterocycles. The van der Waals surface area contributed by atoms with Gasteiger partial charge in [0.05, 0.1) is 24.3 Å². The van der Waals surface area contributed by atoms with E-state index in [9.17, 15) is 15.2 Å². The van der Waals surface area contributed by atoms with E-state index in [4.69, 9.17) is 9.47 Å². The maximum absolute atomic E-state index is 13.7. The van der Waals surface area contributed by atoms with Gasteiger partial charge in [0.1, 0.15) is 23.7 Å². The number of carbonyl (C=O) groups is 1. The van der Waals surface area contributed by atoms with Crippen LogP contribution in [0.15, 0.2) is 60.7 Å². The Hall–Kier alpha value is -4.02. The number of hydrogen-bond acceptors (Lipinski definition) is 6. The molecule has 1 atom stereocenters. The van der Waals surface area contributed by atoms with Crippen LogP contribution < -0.4 is 10.1 Å². The van der Waals surface area contributed by atoms with Crippen molar-refractivity contribution in [1.29, 1.82) is 5.26 Å². The molecule has 2 aliphatic heterocycles. The van der Waals surface area contributed by atoms with Crippen molar-refractivity contribution in [3.05, 3.63) is 88.5 Å². The molecule has 3 aromatic rings. The van der Waals surface area contributed by atoms with Gasteiger partial charge in [0, 0.05) is 25.4 Å². The number of phenols is 1. The first kappa shape index (κ1) is 22.8. The number of carbonyl (C=O) groups excluding carboxylic acids is 1. The van der Waals surface area contributed by atoms with Gasteiger partial charge in [-0.2, -0.15) is 5.26 Å². The number of amides is 1. The van der Waals surface area contributed by atoms with Crippen LogP contribution in [0.25, 0.3) is 0 Å². The van der Waals surface area contributed by atoms with Gasteiger partial charge < -0.3 is 24.8 Å². The molecule has 0 radical (unpaired) electrons. The third-order valence-electron chi connectivity index (χ3n) is 6.51. The Balaban J connectivity index is 1.41. The third kappa shape index (κ3) is 4.93. The first-order valence-electron chi connectivity index (χ1n) is 11.8. The lowest BCUT2D eigenvalue weighted by Crippen LogP contribution is -2.37. The molecule has 2 heterocycles. The molecule has 0 aromatic heterocycles. The summed E-state index contributed by atoms with van der Waals surface area (Å²) >= 11 is 0. The van der Waals surface area contributed by atoms with Crippen molar-refractivity contribution >= 4 is 11.6 Å². The first-order chi connectivity index (χ1) is 17.1. The van der Waals surface area contributed by atoms with Gasteiger partial charge in [-0.15, -0.1) is 0 Å². The lowest BCUT2D eigenvalue weighted by Gasteiger charge is -2.31. The molecule has 0 unspecified atom stereocenters. The van der Waals surface area contributed by atoms with E-state index in [1.807, 2.05) is 48.5 Å². The van der Waals surface area contributed by atoms with E-state index in [0.29, 0.717) is 19.7 Å². The number of anilines is 1. The van der Waals surface area contributed by atoms with E-state index in [-0.39, 0.29) is 41.2 Å². The van der Waals surface area contributed by atoms with E-state index in [1.54, 1.807) is 4.90 Å². The molecule has 0 bridgehead atoms. The molecule has 0 aliphatic carbocycles. The number of ether oxygens (including phenoxy) is 2. The minimum atomic E-state index is -0.320. The molecule has 0 saturated carbocycles. The number of rotatable bonds is 6. The summed E-state index contributed by atoms with van der Waals surface area (Å²) in [6, 6.07) is 20.8. The summed E-state index contributed by atoms with van der Waals surface area (Å²) in [4.78, 5) is 15.4. The first-order valence-corrected chi connectivity index (χ1v) is 11.8. The van der Waals surface area contributed by atoms with Gasteiger partial charge in [0.2, 0.25) is 0 Å². The topological polar surface area (TPSA) is 94.8 Å². The van der Waals surface area contributed by atoms with Crippen molar-refractivity contribution in [3.8, 4) is 17.6 Å². The molecule has 5 rings (SSSR count). The fourth-order valence-corrected chi connectivity index (χ4v) is 4.65. The Morgan fingerprint density at radius 1 is 1.20 bits per heavy atom. The van der Waals surface area contributed by atoms with Gasteiger partial charge >= 0.3 is 0 Å². The summed E-state index contributed by atoms with van der Waals surface area (Å²) < 4.78 is 11.5. The Morgan fingerprint density at radius 2 is 2.06 bits per heavy atom. The van der Waals surface area contributed by atoms with Crippen molar-refractivity contribution < 1.29 is 19.4 Å². The zero-order chi connectivity index (χ0) is 24.2. The summed E-state index contributed by atoms with van der Waals surface area (Å²) in [6.07, 6.45) is 1.67. The van der Waals surface area contributed by atoms with Crippen LogP contribution >= 0.6 is 0 Å². The number of phenolic OH excluding ortho intramolecular Hbond substituents is 1. The van der Waals surface area contributed by atoms with Crippen LogP contribution in [0.4, 0.5) is 5.69 Å². The van der Waals surface area contributed by atoms with Crippen molar-refractivity contribution in [2.75, 3.05) is 25.1 Å². The number of nitrogens with zero attached hydrogens (tertiary/aromatic N) is 2. The van der Waals surface area contributed by atoms with E-state index in [2.05, 4.69) is 11.4 Å². The van der Waals surface area contributed by atoms with Crippen LogP contribution in [0.1, 0.15) is 39.0 Å². The number of benzene rings is 3. The number of hydrogen-bond donors (Lipinski definition) is 2. The summed E-state index contributed by atoms with van der Waals surface area (Å²) in [7, 11) is 0. The Morgan fingerprint density at radius 3 is 2.83 bits per heavy atom. The molecule has 3 aromatic carbocycles. The standard InChI is InChI=1S/C28H27N3O4/c29-15-20-13-25(32)27(26(14-20)35-17-19-5-2-1-3-6-19)28(33)31-11-9-21-7-4-8-24(23(21)16-31)30-22-10-12-34-18-22/h1-8,13-14,22,30,32H,9-12,16-18H2/t22-/m0/s1. The van der Waals surface area contributed by atoms with Gasteiger partial charge in [-0.05, 0) is 47.7 Å². The lowest BCUT2D eigenvalue weighted by atomic mass is 9.96. The van der Waals surface area contributed by atoms with Crippen LogP contribution in [-0.4, -0.2) is 41.7 Å². The van der Waals surface area contributed by atoms with Gasteiger partial charge in [-0.1, -0.05) is 42.5 Å². The van der Waals surface area contributed by atoms with Gasteiger partial charge in [-0.3, -0.25) is 4.79 Å². The Bertz CT molecular complexity index is 1260. The second-order valence-corrected chi connectivity index (χ2v) is 8.88. The summed E-state index contributed by atoms with van der Waals surface area (Å²) in [5.41, 5.74) is 4.54. The minimum absolute atomic E-state index is 0.0815. The van der Waals surface area contributed by atoms with Crippen molar-refractivity contribution in [2.45, 2.75) is 32.0 Å². The molecule has 7 heteroatoms. The molecule has 1 amide bonds.